The van der Waals surface area contributed by atoms with Gasteiger partial charge in [-0.05, 0) is 5.92 Å². The lowest BCUT2D eigenvalue weighted by molar-refractivity contribution is -0.121. The first-order chi connectivity index (χ1) is 5.11. The van der Waals surface area contributed by atoms with E-state index in [1.165, 1.54) is 0 Å². The van der Waals surface area contributed by atoms with Gasteiger partial charge >= 0.3 is 0 Å². The molecule has 0 aliphatic carbocycles. The third-order valence-electron chi connectivity index (χ3n) is 1.73. The predicted molar refractivity (Wildman–Crippen MR) is 46.1 cm³/mol. The summed E-state index contributed by atoms with van der Waals surface area (Å²) < 4.78 is 0. The summed E-state index contributed by atoms with van der Waals surface area (Å²) >= 11 is 0. The lowest BCUT2D eigenvalue weighted by atomic mass is 10.0. The van der Waals surface area contributed by atoms with Crippen molar-refractivity contribution in [1.29, 1.82) is 0 Å². The Morgan fingerprint density at radius 2 is 2.09 bits per heavy atom. The van der Waals surface area contributed by atoms with Crippen LogP contribution in [0.1, 0.15) is 27.2 Å². The molecule has 3 heteroatoms. The molecule has 1 unspecified atom stereocenters. The second-order valence-corrected chi connectivity index (χ2v) is 3.01. The number of amides is 1. The molecule has 1 atom stereocenters. The van der Waals surface area contributed by atoms with Crippen LogP contribution >= 0.6 is 0 Å². The van der Waals surface area contributed by atoms with E-state index >= 15 is 0 Å². The molecule has 11 heavy (non-hydrogen) atoms. The highest BCUT2D eigenvalue weighted by molar-refractivity contribution is 5.75. The maximum atomic E-state index is 10.9. The SMILES string of the molecule is CCC(=O)NC(CN)C(C)C. The van der Waals surface area contributed by atoms with E-state index in [0.29, 0.717) is 18.9 Å². The number of carbonyl (C=O) groups excluding carboxylic acids is 1. The number of carbonyl (C=O) groups is 1. The van der Waals surface area contributed by atoms with Crippen molar-refractivity contribution in [3.63, 3.8) is 0 Å². The van der Waals surface area contributed by atoms with Crippen LogP contribution < -0.4 is 11.1 Å². The Hall–Kier alpha value is -0.570. The van der Waals surface area contributed by atoms with Gasteiger partial charge in [0.15, 0.2) is 0 Å². The van der Waals surface area contributed by atoms with Crippen molar-refractivity contribution in [2.75, 3.05) is 6.54 Å². The second kappa shape index (κ2) is 5.13. The monoisotopic (exact) mass is 158 g/mol. The lowest BCUT2D eigenvalue weighted by Gasteiger charge is -2.19. The smallest absolute Gasteiger partial charge is 0.219 e. The van der Waals surface area contributed by atoms with Crippen molar-refractivity contribution < 1.29 is 4.79 Å². The van der Waals surface area contributed by atoms with E-state index in [1.807, 2.05) is 20.8 Å². The minimum atomic E-state index is 0.0779. The molecule has 3 N–H and O–H groups in total. The van der Waals surface area contributed by atoms with Crippen molar-refractivity contribution in [2.45, 2.75) is 33.2 Å². The molecule has 3 nitrogen and oxygen atoms in total. The fourth-order valence-corrected chi connectivity index (χ4v) is 0.807. The van der Waals surface area contributed by atoms with Gasteiger partial charge in [0.05, 0.1) is 0 Å². The van der Waals surface area contributed by atoms with Crippen LogP contribution in [-0.4, -0.2) is 18.5 Å². The average molecular weight is 158 g/mol. The Balaban J connectivity index is 3.78. The molecule has 0 heterocycles. The van der Waals surface area contributed by atoms with E-state index in [4.69, 9.17) is 5.73 Å². The molecule has 0 aromatic rings. The largest absolute Gasteiger partial charge is 0.352 e. The molecule has 0 radical (unpaired) electrons. The van der Waals surface area contributed by atoms with E-state index in [0.717, 1.165) is 0 Å². The van der Waals surface area contributed by atoms with Crippen LogP contribution in [-0.2, 0) is 4.79 Å². The summed E-state index contributed by atoms with van der Waals surface area (Å²) in [7, 11) is 0. The molecule has 0 aliphatic rings. The molecule has 66 valence electrons. The zero-order valence-corrected chi connectivity index (χ0v) is 7.55. The maximum absolute atomic E-state index is 10.9. The zero-order chi connectivity index (χ0) is 8.85. The highest BCUT2D eigenvalue weighted by atomic mass is 16.1. The van der Waals surface area contributed by atoms with E-state index < -0.39 is 0 Å². The van der Waals surface area contributed by atoms with Crippen LogP contribution in [0.2, 0.25) is 0 Å². The highest BCUT2D eigenvalue weighted by Crippen LogP contribution is 1.99. The molecular weight excluding hydrogens is 140 g/mol. The molecule has 0 spiro atoms. The van der Waals surface area contributed by atoms with E-state index in [-0.39, 0.29) is 11.9 Å². The number of nitrogens with one attached hydrogen (secondary N) is 1. The third-order valence-corrected chi connectivity index (χ3v) is 1.73. The minimum absolute atomic E-state index is 0.0779. The van der Waals surface area contributed by atoms with Crippen molar-refractivity contribution >= 4 is 5.91 Å². The van der Waals surface area contributed by atoms with Crippen molar-refractivity contribution in [3.05, 3.63) is 0 Å². The van der Waals surface area contributed by atoms with Gasteiger partial charge in [-0.1, -0.05) is 20.8 Å². The molecule has 0 fully saturated rings. The van der Waals surface area contributed by atoms with Gasteiger partial charge in [0.25, 0.3) is 0 Å². The zero-order valence-electron chi connectivity index (χ0n) is 7.55. The van der Waals surface area contributed by atoms with Crippen molar-refractivity contribution in [2.24, 2.45) is 11.7 Å². The van der Waals surface area contributed by atoms with Gasteiger partial charge in [-0.2, -0.15) is 0 Å². The highest BCUT2D eigenvalue weighted by Gasteiger charge is 2.12. The van der Waals surface area contributed by atoms with Crippen molar-refractivity contribution in [1.82, 2.24) is 5.32 Å². The number of nitrogens with two attached hydrogens (primary N) is 1. The summed E-state index contributed by atoms with van der Waals surface area (Å²) in [6.45, 7) is 6.45. The Kier molecular flexibility index (Phi) is 4.86. The van der Waals surface area contributed by atoms with E-state index in [9.17, 15) is 4.79 Å². The molecule has 0 aromatic heterocycles. The Labute approximate surface area is 68.3 Å². The van der Waals surface area contributed by atoms with Crippen LogP contribution in [0.4, 0.5) is 0 Å². The summed E-state index contributed by atoms with van der Waals surface area (Å²) in [4.78, 5) is 10.9. The first kappa shape index (κ1) is 10.4. The summed E-state index contributed by atoms with van der Waals surface area (Å²) in [5, 5.41) is 2.85. The molecular formula is C8H18N2O. The fourth-order valence-electron chi connectivity index (χ4n) is 0.807. The van der Waals surface area contributed by atoms with Gasteiger partial charge in [0, 0.05) is 19.0 Å². The topological polar surface area (TPSA) is 55.1 Å². The van der Waals surface area contributed by atoms with Gasteiger partial charge in [0.1, 0.15) is 0 Å². The van der Waals surface area contributed by atoms with Crippen LogP contribution in [0.15, 0.2) is 0 Å². The lowest BCUT2D eigenvalue weighted by Crippen LogP contribution is -2.43. The summed E-state index contributed by atoms with van der Waals surface area (Å²) in [6, 6.07) is 0.127. The summed E-state index contributed by atoms with van der Waals surface area (Å²) in [5.74, 6) is 0.490. The molecule has 0 aromatic carbocycles. The first-order valence-electron chi connectivity index (χ1n) is 4.11. The van der Waals surface area contributed by atoms with Crippen LogP contribution in [0.25, 0.3) is 0 Å². The Morgan fingerprint density at radius 1 is 1.55 bits per heavy atom. The number of hydrogen-bond donors (Lipinski definition) is 2. The summed E-state index contributed by atoms with van der Waals surface area (Å²) in [6.07, 6.45) is 0.531. The summed E-state index contributed by atoms with van der Waals surface area (Å²) in [5.41, 5.74) is 5.46. The van der Waals surface area contributed by atoms with Crippen molar-refractivity contribution in [3.8, 4) is 0 Å². The quantitative estimate of drug-likeness (QED) is 0.626. The maximum Gasteiger partial charge on any atom is 0.219 e. The molecule has 0 bridgehead atoms. The Bertz CT molecular complexity index is 123. The average Bonchev–Trinajstić information content (AvgIpc) is 1.99. The minimum Gasteiger partial charge on any atom is -0.352 e. The number of rotatable bonds is 4. The van der Waals surface area contributed by atoms with Gasteiger partial charge in [-0.25, -0.2) is 0 Å². The van der Waals surface area contributed by atoms with E-state index in [2.05, 4.69) is 5.32 Å². The normalized spacial score (nSPS) is 13.2. The Morgan fingerprint density at radius 3 is 2.36 bits per heavy atom. The molecule has 0 aliphatic heterocycles. The predicted octanol–water partition coefficient (Wildman–Crippen LogP) is 0.496. The van der Waals surface area contributed by atoms with E-state index in [1.54, 1.807) is 0 Å². The molecule has 0 saturated heterocycles. The van der Waals surface area contributed by atoms with Gasteiger partial charge in [0.2, 0.25) is 5.91 Å². The van der Waals surface area contributed by atoms with Crippen LogP contribution in [0, 0.1) is 5.92 Å². The van der Waals surface area contributed by atoms with Gasteiger partial charge in [-0.3, -0.25) is 4.79 Å². The first-order valence-corrected chi connectivity index (χ1v) is 4.11. The van der Waals surface area contributed by atoms with Crippen LogP contribution in [0.3, 0.4) is 0 Å². The fraction of sp³-hybridized carbons (Fsp3) is 0.875. The van der Waals surface area contributed by atoms with Gasteiger partial charge < -0.3 is 11.1 Å². The second-order valence-electron chi connectivity index (χ2n) is 3.01. The molecule has 0 saturated carbocycles. The third kappa shape index (κ3) is 3.98. The standard InChI is InChI=1S/C8H18N2O/c1-4-8(11)10-7(5-9)6(2)3/h6-7H,4-5,9H2,1-3H3,(H,10,11). The van der Waals surface area contributed by atoms with Gasteiger partial charge in [-0.15, -0.1) is 0 Å². The number of hydrogen-bond acceptors (Lipinski definition) is 2. The molecule has 0 rings (SSSR count). The van der Waals surface area contributed by atoms with Crippen LogP contribution in [0.5, 0.6) is 0 Å². The molecule has 1 amide bonds.